The van der Waals surface area contributed by atoms with Gasteiger partial charge in [-0.2, -0.15) is 13.2 Å². The fourth-order valence-electron chi connectivity index (χ4n) is 2.27. The van der Waals surface area contributed by atoms with Gasteiger partial charge in [0.2, 0.25) is 0 Å². The first-order chi connectivity index (χ1) is 10.4. The number of carbonyl (C=O) groups is 1. The Morgan fingerprint density at radius 2 is 2.09 bits per heavy atom. The maximum atomic E-state index is 13.2. The molecule has 0 saturated carbocycles. The van der Waals surface area contributed by atoms with Crippen LogP contribution in [-0.4, -0.2) is 62.0 Å². The number of carbonyl (C=O) groups excluding carboxylic acids is 1. The Balaban J connectivity index is 0.00000264. The summed E-state index contributed by atoms with van der Waals surface area (Å²) < 4.78 is 44.7. The van der Waals surface area contributed by atoms with Gasteiger partial charge in [0, 0.05) is 32.7 Å². The monoisotopic (exact) mass is 373 g/mol. The topological polar surface area (TPSA) is 57.5 Å². The number of amides is 1. The average Bonchev–Trinajstić information content (AvgIpc) is 2.96. The van der Waals surface area contributed by atoms with Crippen molar-refractivity contribution < 1.29 is 22.4 Å². The molecule has 1 aromatic rings. The van der Waals surface area contributed by atoms with Gasteiger partial charge in [-0.15, -0.1) is 12.4 Å². The molecular formula is C13H19ClF3N3O2S. The molecule has 1 unspecified atom stereocenters. The lowest BCUT2D eigenvalue weighted by atomic mass is 10.2. The molecule has 0 aliphatic carbocycles. The van der Waals surface area contributed by atoms with E-state index in [-0.39, 0.29) is 18.2 Å². The molecule has 2 heterocycles. The molecule has 132 valence electrons. The third-order valence-electron chi connectivity index (χ3n) is 3.43. The molecule has 0 spiro atoms. The third-order valence-corrected chi connectivity index (χ3v) is 4.05. The SMILES string of the molecule is CSc1ccc(C(=O)NCC(N2CCNCC2)C(F)(F)F)o1.Cl. The molecule has 0 bridgehead atoms. The number of halogens is 4. The van der Waals surface area contributed by atoms with Gasteiger partial charge in [0.15, 0.2) is 10.9 Å². The van der Waals surface area contributed by atoms with Gasteiger partial charge >= 0.3 is 6.18 Å². The van der Waals surface area contributed by atoms with E-state index in [0.717, 1.165) is 0 Å². The minimum Gasteiger partial charge on any atom is -0.445 e. The van der Waals surface area contributed by atoms with Gasteiger partial charge in [-0.25, -0.2) is 0 Å². The molecule has 2 N–H and O–H groups in total. The van der Waals surface area contributed by atoms with Crippen molar-refractivity contribution >= 4 is 30.1 Å². The van der Waals surface area contributed by atoms with E-state index < -0.39 is 24.7 Å². The van der Waals surface area contributed by atoms with E-state index in [2.05, 4.69) is 10.6 Å². The van der Waals surface area contributed by atoms with Crippen LogP contribution >= 0.6 is 24.2 Å². The van der Waals surface area contributed by atoms with Crippen LogP contribution in [0.1, 0.15) is 10.6 Å². The second kappa shape index (κ2) is 8.81. The number of hydrogen-bond acceptors (Lipinski definition) is 5. The van der Waals surface area contributed by atoms with Crippen molar-refractivity contribution in [3.8, 4) is 0 Å². The number of alkyl halides is 3. The van der Waals surface area contributed by atoms with Gasteiger partial charge in [-0.1, -0.05) is 11.8 Å². The van der Waals surface area contributed by atoms with Crippen LogP contribution in [0.4, 0.5) is 13.2 Å². The van der Waals surface area contributed by atoms with Crippen LogP contribution in [0.3, 0.4) is 0 Å². The van der Waals surface area contributed by atoms with Gasteiger partial charge in [0.05, 0.1) is 0 Å². The van der Waals surface area contributed by atoms with E-state index in [1.165, 1.54) is 22.7 Å². The Labute approximate surface area is 142 Å². The molecule has 1 aliphatic rings. The number of nitrogens with one attached hydrogen (secondary N) is 2. The predicted octanol–water partition coefficient (Wildman–Crippen LogP) is 1.99. The minimum absolute atomic E-state index is 0. The van der Waals surface area contributed by atoms with E-state index in [9.17, 15) is 18.0 Å². The minimum atomic E-state index is -4.39. The van der Waals surface area contributed by atoms with Crippen molar-refractivity contribution in [2.75, 3.05) is 39.0 Å². The summed E-state index contributed by atoms with van der Waals surface area (Å²) in [6.07, 6.45) is -2.61. The van der Waals surface area contributed by atoms with E-state index in [0.29, 0.717) is 31.3 Å². The first-order valence-electron chi connectivity index (χ1n) is 6.85. The van der Waals surface area contributed by atoms with Crippen LogP contribution in [0.25, 0.3) is 0 Å². The lowest BCUT2D eigenvalue weighted by Gasteiger charge is -2.35. The normalized spacial score (nSPS) is 17.4. The second-order valence-electron chi connectivity index (χ2n) is 4.88. The van der Waals surface area contributed by atoms with Gasteiger partial charge in [-0.3, -0.25) is 9.69 Å². The van der Waals surface area contributed by atoms with Crippen LogP contribution in [0.2, 0.25) is 0 Å². The van der Waals surface area contributed by atoms with Crippen LogP contribution in [0, 0.1) is 0 Å². The smallest absolute Gasteiger partial charge is 0.405 e. The number of nitrogens with zero attached hydrogens (tertiary/aromatic N) is 1. The van der Waals surface area contributed by atoms with Gasteiger partial charge in [0.25, 0.3) is 5.91 Å². The average molecular weight is 374 g/mol. The quantitative estimate of drug-likeness (QED) is 0.773. The Kier molecular flexibility index (Phi) is 7.72. The summed E-state index contributed by atoms with van der Waals surface area (Å²) in [5.74, 6) is -0.615. The molecular weight excluding hydrogens is 355 g/mol. The highest BCUT2D eigenvalue weighted by Crippen LogP contribution is 2.25. The third kappa shape index (κ3) is 5.59. The highest BCUT2D eigenvalue weighted by Gasteiger charge is 2.43. The summed E-state index contributed by atoms with van der Waals surface area (Å²) in [6.45, 7) is 1.14. The van der Waals surface area contributed by atoms with Crippen molar-refractivity contribution in [3.63, 3.8) is 0 Å². The van der Waals surface area contributed by atoms with Crippen molar-refractivity contribution in [2.24, 2.45) is 0 Å². The maximum absolute atomic E-state index is 13.2. The molecule has 2 rings (SSSR count). The fourth-order valence-corrected chi connectivity index (χ4v) is 2.65. The van der Waals surface area contributed by atoms with Gasteiger partial charge in [0.1, 0.15) is 6.04 Å². The van der Waals surface area contributed by atoms with Gasteiger partial charge < -0.3 is 15.1 Å². The van der Waals surface area contributed by atoms with Crippen LogP contribution < -0.4 is 10.6 Å². The van der Waals surface area contributed by atoms with Crippen molar-refractivity contribution in [2.45, 2.75) is 17.3 Å². The van der Waals surface area contributed by atoms with E-state index in [4.69, 9.17) is 4.42 Å². The number of thioether (sulfide) groups is 1. The summed E-state index contributed by atoms with van der Waals surface area (Å²) in [7, 11) is 0. The fraction of sp³-hybridized carbons (Fsp3) is 0.615. The first-order valence-corrected chi connectivity index (χ1v) is 8.08. The van der Waals surface area contributed by atoms with Crippen molar-refractivity contribution in [1.29, 1.82) is 0 Å². The lowest BCUT2D eigenvalue weighted by Crippen LogP contribution is -2.57. The molecule has 23 heavy (non-hydrogen) atoms. The number of rotatable bonds is 5. The maximum Gasteiger partial charge on any atom is 0.405 e. The molecule has 1 saturated heterocycles. The molecule has 5 nitrogen and oxygen atoms in total. The van der Waals surface area contributed by atoms with E-state index >= 15 is 0 Å². The van der Waals surface area contributed by atoms with Crippen LogP contribution in [0.15, 0.2) is 21.6 Å². The Morgan fingerprint density at radius 3 is 2.61 bits per heavy atom. The highest BCUT2D eigenvalue weighted by atomic mass is 35.5. The molecule has 1 amide bonds. The number of piperazine rings is 1. The van der Waals surface area contributed by atoms with Crippen molar-refractivity contribution in [1.82, 2.24) is 15.5 Å². The van der Waals surface area contributed by atoms with E-state index in [1.807, 2.05) is 0 Å². The molecule has 1 fully saturated rings. The molecule has 0 aromatic carbocycles. The highest BCUT2D eigenvalue weighted by molar-refractivity contribution is 7.98. The Hall–Kier alpha value is -0.900. The molecule has 10 heteroatoms. The standard InChI is InChI=1S/C13H18F3N3O2S.ClH/c1-22-11-3-2-9(21-11)12(20)18-8-10(13(14,15)16)19-6-4-17-5-7-19;/h2-3,10,17H,4-8H2,1H3,(H,18,20);1H. The van der Waals surface area contributed by atoms with Crippen LogP contribution in [-0.2, 0) is 0 Å². The zero-order valence-electron chi connectivity index (χ0n) is 12.5. The summed E-state index contributed by atoms with van der Waals surface area (Å²) in [5, 5.41) is 5.86. The van der Waals surface area contributed by atoms with Crippen molar-refractivity contribution in [3.05, 3.63) is 17.9 Å². The summed E-state index contributed by atoms with van der Waals surface area (Å²) in [6, 6.07) is 1.37. The van der Waals surface area contributed by atoms with Gasteiger partial charge in [-0.05, 0) is 18.4 Å². The zero-order valence-corrected chi connectivity index (χ0v) is 14.1. The number of furan rings is 1. The molecule has 1 atom stereocenters. The van der Waals surface area contributed by atoms with E-state index in [1.54, 1.807) is 12.3 Å². The summed E-state index contributed by atoms with van der Waals surface area (Å²) in [5.41, 5.74) is 0. The summed E-state index contributed by atoms with van der Waals surface area (Å²) >= 11 is 1.32. The Morgan fingerprint density at radius 1 is 1.43 bits per heavy atom. The predicted molar refractivity (Wildman–Crippen MR) is 84.4 cm³/mol. The Bertz CT molecular complexity index is 507. The first kappa shape index (κ1) is 20.1. The zero-order chi connectivity index (χ0) is 16.2. The van der Waals surface area contributed by atoms with Crippen LogP contribution in [0.5, 0.6) is 0 Å². The second-order valence-corrected chi connectivity index (χ2v) is 5.69. The summed E-state index contributed by atoms with van der Waals surface area (Å²) in [4.78, 5) is 13.2. The molecule has 0 radical (unpaired) electrons. The lowest BCUT2D eigenvalue weighted by molar-refractivity contribution is -0.183. The molecule has 1 aliphatic heterocycles. The molecule has 1 aromatic heterocycles. The number of hydrogen-bond donors (Lipinski definition) is 2. The largest absolute Gasteiger partial charge is 0.445 e.